The molecule has 1 heterocycles. The van der Waals surface area contributed by atoms with Gasteiger partial charge in [-0.05, 0) is 42.8 Å². The molecule has 0 spiro atoms. The fourth-order valence-corrected chi connectivity index (χ4v) is 2.40. The third-order valence-corrected chi connectivity index (χ3v) is 3.42. The van der Waals surface area contributed by atoms with E-state index < -0.39 is 5.97 Å². The van der Waals surface area contributed by atoms with Gasteiger partial charge < -0.3 is 9.47 Å². The van der Waals surface area contributed by atoms with Gasteiger partial charge in [0.15, 0.2) is 5.70 Å². The zero-order chi connectivity index (χ0) is 16.2. The van der Waals surface area contributed by atoms with Crippen LogP contribution in [0.2, 0.25) is 5.02 Å². The maximum atomic E-state index is 12.0. The first kappa shape index (κ1) is 15.3. The SMILES string of the molecule is CCOc1ccccc1C1=NC(=Cc2cccc(Cl)c2)C(=O)O1. The number of carbonyl (C=O) groups excluding carboxylic acids is 1. The van der Waals surface area contributed by atoms with Gasteiger partial charge in [-0.25, -0.2) is 9.79 Å². The van der Waals surface area contributed by atoms with Crippen molar-refractivity contribution in [3.63, 3.8) is 0 Å². The molecule has 0 radical (unpaired) electrons. The Kier molecular flexibility index (Phi) is 4.44. The van der Waals surface area contributed by atoms with E-state index in [1.807, 2.05) is 37.3 Å². The van der Waals surface area contributed by atoms with Crippen LogP contribution < -0.4 is 4.74 Å². The van der Waals surface area contributed by atoms with Gasteiger partial charge in [0.25, 0.3) is 0 Å². The molecule has 1 aliphatic heterocycles. The standard InChI is InChI=1S/C18H14ClNO3/c1-2-22-16-9-4-3-8-14(16)17-20-15(18(21)23-17)11-12-6-5-7-13(19)10-12/h3-11H,2H2,1H3. The molecule has 3 rings (SSSR count). The molecule has 0 atom stereocenters. The molecule has 4 nitrogen and oxygen atoms in total. The van der Waals surface area contributed by atoms with Crippen molar-refractivity contribution in [2.45, 2.75) is 6.92 Å². The molecule has 0 unspecified atom stereocenters. The minimum absolute atomic E-state index is 0.230. The first-order chi connectivity index (χ1) is 11.2. The number of ether oxygens (including phenoxy) is 2. The Hall–Kier alpha value is -2.59. The summed E-state index contributed by atoms with van der Waals surface area (Å²) in [5.41, 5.74) is 1.67. The summed E-state index contributed by atoms with van der Waals surface area (Å²) in [6, 6.07) is 14.5. The summed E-state index contributed by atoms with van der Waals surface area (Å²) in [5, 5.41) is 0.594. The van der Waals surface area contributed by atoms with Gasteiger partial charge in [0, 0.05) is 5.02 Å². The average Bonchev–Trinajstić information content (AvgIpc) is 2.89. The van der Waals surface area contributed by atoms with Crippen LogP contribution in [0.5, 0.6) is 5.75 Å². The van der Waals surface area contributed by atoms with E-state index in [0.717, 1.165) is 5.56 Å². The Bertz CT molecular complexity index is 811. The number of nitrogens with zero attached hydrogens (tertiary/aromatic N) is 1. The van der Waals surface area contributed by atoms with Crippen LogP contribution in [-0.2, 0) is 9.53 Å². The van der Waals surface area contributed by atoms with Crippen LogP contribution in [0.25, 0.3) is 6.08 Å². The summed E-state index contributed by atoms with van der Waals surface area (Å²) in [7, 11) is 0. The lowest BCUT2D eigenvalue weighted by molar-refractivity contribution is -0.129. The Labute approximate surface area is 139 Å². The van der Waals surface area contributed by atoms with Crippen molar-refractivity contribution >= 4 is 29.5 Å². The molecule has 116 valence electrons. The summed E-state index contributed by atoms with van der Waals surface area (Å²) in [6.07, 6.45) is 1.64. The maximum absolute atomic E-state index is 12.0. The minimum atomic E-state index is -0.494. The fourth-order valence-electron chi connectivity index (χ4n) is 2.20. The zero-order valence-corrected chi connectivity index (χ0v) is 13.2. The van der Waals surface area contributed by atoms with E-state index in [1.165, 1.54) is 0 Å². The Morgan fingerprint density at radius 2 is 2.04 bits per heavy atom. The first-order valence-electron chi connectivity index (χ1n) is 7.17. The molecule has 0 bridgehead atoms. The molecule has 0 amide bonds. The molecule has 5 heteroatoms. The van der Waals surface area contributed by atoms with E-state index in [2.05, 4.69) is 4.99 Å². The largest absolute Gasteiger partial charge is 0.493 e. The number of para-hydroxylation sites is 1. The van der Waals surface area contributed by atoms with Crippen LogP contribution in [0.15, 0.2) is 59.2 Å². The van der Waals surface area contributed by atoms with Crippen molar-refractivity contribution in [1.29, 1.82) is 0 Å². The van der Waals surface area contributed by atoms with Crippen molar-refractivity contribution < 1.29 is 14.3 Å². The number of benzene rings is 2. The smallest absolute Gasteiger partial charge is 0.363 e. The van der Waals surface area contributed by atoms with Gasteiger partial charge in [0.2, 0.25) is 5.90 Å². The minimum Gasteiger partial charge on any atom is -0.493 e. The molecular formula is C18H14ClNO3. The molecule has 0 saturated heterocycles. The third-order valence-electron chi connectivity index (χ3n) is 3.19. The lowest BCUT2D eigenvalue weighted by Crippen LogP contribution is -2.07. The Balaban J connectivity index is 1.96. The van der Waals surface area contributed by atoms with Crippen molar-refractivity contribution in [3.8, 4) is 5.75 Å². The van der Waals surface area contributed by atoms with Crippen molar-refractivity contribution in [2.24, 2.45) is 4.99 Å². The summed E-state index contributed by atoms with van der Waals surface area (Å²) < 4.78 is 10.8. The molecule has 1 aliphatic rings. The number of hydrogen-bond donors (Lipinski definition) is 0. The summed E-state index contributed by atoms with van der Waals surface area (Å²) >= 11 is 5.95. The summed E-state index contributed by atoms with van der Waals surface area (Å²) in [4.78, 5) is 16.3. The Morgan fingerprint density at radius 1 is 1.22 bits per heavy atom. The molecule has 0 aromatic heterocycles. The van der Waals surface area contributed by atoms with Crippen molar-refractivity contribution in [2.75, 3.05) is 6.61 Å². The van der Waals surface area contributed by atoms with E-state index in [0.29, 0.717) is 22.9 Å². The van der Waals surface area contributed by atoms with Crippen LogP contribution in [0.4, 0.5) is 0 Å². The van der Waals surface area contributed by atoms with E-state index in [9.17, 15) is 4.79 Å². The van der Waals surface area contributed by atoms with E-state index in [-0.39, 0.29) is 11.6 Å². The zero-order valence-electron chi connectivity index (χ0n) is 12.5. The normalized spacial score (nSPS) is 15.5. The van der Waals surface area contributed by atoms with Gasteiger partial charge in [-0.2, -0.15) is 0 Å². The van der Waals surface area contributed by atoms with E-state index >= 15 is 0 Å². The molecule has 2 aromatic rings. The molecule has 0 aliphatic carbocycles. The molecule has 0 N–H and O–H groups in total. The summed E-state index contributed by atoms with van der Waals surface area (Å²) in [5.74, 6) is 0.379. The number of rotatable bonds is 4. The molecule has 0 saturated carbocycles. The highest BCUT2D eigenvalue weighted by Gasteiger charge is 2.26. The second-order valence-corrected chi connectivity index (χ2v) is 5.26. The molecular weight excluding hydrogens is 314 g/mol. The molecule has 23 heavy (non-hydrogen) atoms. The fraction of sp³-hybridized carbons (Fsp3) is 0.111. The van der Waals surface area contributed by atoms with Gasteiger partial charge in [0.1, 0.15) is 5.75 Å². The van der Waals surface area contributed by atoms with Crippen LogP contribution in [0.3, 0.4) is 0 Å². The molecule has 2 aromatic carbocycles. The second-order valence-electron chi connectivity index (χ2n) is 4.82. The summed E-state index contributed by atoms with van der Waals surface area (Å²) in [6.45, 7) is 2.41. The van der Waals surface area contributed by atoms with Crippen LogP contribution in [0, 0.1) is 0 Å². The third kappa shape index (κ3) is 3.43. The van der Waals surface area contributed by atoms with Gasteiger partial charge in [-0.15, -0.1) is 0 Å². The van der Waals surface area contributed by atoms with Crippen LogP contribution >= 0.6 is 11.6 Å². The van der Waals surface area contributed by atoms with Gasteiger partial charge in [-0.3, -0.25) is 0 Å². The highest BCUT2D eigenvalue weighted by Crippen LogP contribution is 2.25. The lowest BCUT2D eigenvalue weighted by atomic mass is 10.2. The van der Waals surface area contributed by atoms with Crippen molar-refractivity contribution in [1.82, 2.24) is 0 Å². The average molecular weight is 328 g/mol. The number of halogens is 1. The highest BCUT2D eigenvalue weighted by atomic mass is 35.5. The number of hydrogen-bond acceptors (Lipinski definition) is 4. The monoisotopic (exact) mass is 327 g/mol. The number of carbonyl (C=O) groups is 1. The van der Waals surface area contributed by atoms with E-state index in [1.54, 1.807) is 24.3 Å². The predicted octanol–water partition coefficient (Wildman–Crippen LogP) is 4.08. The van der Waals surface area contributed by atoms with Gasteiger partial charge in [0.05, 0.1) is 12.2 Å². The number of aliphatic imine (C=N–C) groups is 1. The van der Waals surface area contributed by atoms with Crippen LogP contribution in [0.1, 0.15) is 18.1 Å². The van der Waals surface area contributed by atoms with Gasteiger partial charge in [-0.1, -0.05) is 35.9 Å². The molecule has 0 fully saturated rings. The first-order valence-corrected chi connectivity index (χ1v) is 7.55. The predicted molar refractivity (Wildman–Crippen MR) is 89.7 cm³/mol. The number of cyclic esters (lactones) is 1. The second kappa shape index (κ2) is 6.67. The van der Waals surface area contributed by atoms with Crippen molar-refractivity contribution in [3.05, 3.63) is 70.4 Å². The quantitative estimate of drug-likeness (QED) is 0.628. The van der Waals surface area contributed by atoms with Crippen LogP contribution in [-0.4, -0.2) is 18.5 Å². The maximum Gasteiger partial charge on any atom is 0.363 e. The topological polar surface area (TPSA) is 47.9 Å². The number of esters is 1. The van der Waals surface area contributed by atoms with Gasteiger partial charge >= 0.3 is 5.97 Å². The lowest BCUT2D eigenvalue weighted by Gasteiger charge is -2.08. The highest BCUT2D eigenvalue weighted by molar-refractivity contribution is 6.30. The van der Waals surface area contributed by atoms with E-state index in [4.69, 9.17) is 21.1 Å². The Morgan fingerprint density at radius 3 is 2.83 bits per heavy atom.